The number of ketones is 1. The zero-order chi connectivity index (χ0) is 11.6. The Morgan fingerprint density at radius 3 is 2.47 bits per heavy atom. The van der Waals surface area contributed by atoms with Gasteiger partial charge in [0.25, 0.3) is 0 Å². The van der Waals surface area contributed by atoms with E-state index < -0.39 is 20.9 Å². The summed E-state index contributed by atoms with van der Waals surface area (Å²) in [4.78, 5) is 11.7. The molecule has 1 aromatic rings. The number of carbonyl (C=O) groups is 1. The quantitative estimate of drug-likeness (QED) is 0.766. The van der Waals surface area contributed by atoms with Crippen LogP contribution in [0.3, 0.4) is 0 Å². The highest BCUT2D eigenvalue weighted by Crippen LogP contribution is 2.14. The van der Waals surface area contributed by atoms with Gasteiger partial charge in [0.05, 0.1) is 0 Å². The van der Waals surface area contributed by atoms with Crippen LogP contribution in [0.4, 0.5) is 0 Å². The number of Topliss-reactive ketones (excluding diaryl/α,β-unsaturated/α-hetero) is 1. The Bertz CT molecular complexity index is 479. The van der Waals surface area contributed by atoms with Gasteiger partial charge in [0.1, 0.15) is 5.25 Å². The number of hydrogen-bond donors (Lipinski definition) is 0. The zero-order valence-electron chi connectivity index (χ0n) is 8.40. The molecule has 0 saturated carbocycles. The van der Waals surface area contributed by atoms with Crippen LogP contribution in [0.15, 0.2) is 24.3 Å². The fourth-order valence-corrected chi connectivity index (χ4v) is 1.79. The molecule has 3 nitrogen and oxygen atoms in total. The molecule has 0 heterocycles. The van der Waals surface area contributed by atoms with Crippen LogP contribution >= 0.6 is 11.6 Å². The number of rotatable bonds is 3. The Morgan fingerprint density at radius 2 is 2.00 bits per heavy atom. The highest BCUT2D eigenvalue weighted by Gasteiger charge is 2.24. The van der Waals surface area contributed by atoms with E-state index in [1.54, 1.807) is 18.2 Å². The van der Waals surface area contributed by atoms with Crippen molar-refractivity contribution >= 4 is 27.2 Å². The van der Waals surface area contributed by atoms with Gasteiger partial charge in [0.2, 0.25) is 0 Å². The fourth-order valence-electron chi connectivity index (χ4n) is 1.07. The van der Waals surface area contributed by atoms with Crippen LogP contribution in [0.2, 0.25) is 5.02 Å². The third-order valence-electron chi connectivity index (χ3n) is 2.12. The van der Waals surface area contributed by atoms with Crippen LogP contribution in [-0.2, 0) is 9.84 Å². The molecule has 5 heteroatoms. The first-order valence-corrected chi connectivity index (χ1v) is 6.64. The minimum absolute atomic E-state index is 0.320. The van der Waals surface area contributed by atoms with Gasteiger partial charge in [-0.15, -0.1) is 0 Å². The molecule has 0 spiro atoms. The van der Waals surface area contributed by atoms with Crippen molar-refractivity contribution in [2.24, 2.45) is 0 Å². The summed E-state index contributed by atoms with van der Waals surface area (Å²) in [5.74, 6) is -0.431. The van der Waals surface area contributed by atoms with Crippen molar-refractivity contribution in [3.8, 4) is 0 Å². The Hall–Kier alpha value is -0.870. The lowest BCUT2D eigenvalue weighted by Crippen LogP contribution is -2.26. The molecule has 0 unspecified atom stereocenters. The number of hydrogen-bond acceptors (Lipinski definition) is 3. The summed E-state index contributed by atoms with van der Waals surface area (Å²) >= 11 is 5.71. The molecule has 0 bridgehead atoms. The van der Waals surface area contributed by atoms with Crippen LogP contribution in [0, 0.1) is 0 Å². The fraction of sp³-hybridized carbons (Fsp3) is 0.300. The van der Waals surface area contributed by atoms with Crippen molar-refractivity contribution in [3.05, 3.63) is 34.9 Å². The smallest absolute Gasteiger partial charge is 0.180 e. The molecule has 0 radical (unpaired) electrons. The highest BCUT2D eigenvalue weighted by atomic mass is 35.5. The van der Waals surface area contributed by atoms with Crippen molar-refractivity contribution in [1.29, 1.82) is 0 Å². The molecular weight excluding hydrogens is 236 g/mol. The molecule has 0 fully saturated rings. The number of halogens is 1. The van der Waals surface area contributed by atoms with Gasteiger partial charge in [-0.1, -0.05) is 23.7 Å². The standard InChI is InChI=1S/C10H11ClO3S/c1-7(15(2,13)14)10(12)8-4-3-5-9(11)6-8/h3-7H,1-2H3/t7-/m0/s1. The van der Waals surface area contributed by atoms with E-state index >= 15 is 0 Å². The van der Waals surface area contributed by atoms with Crippen molar-refractivity contribution in [1.82, 2.24) is 0 Å². The van der Waals surface area contributed by atoms with E-state index in [9.17, 15) is 13.2 Å². The summed E-state index contributed by atoms with van der Waals surface area (Å²) in [6.07, 6.45) is 1.04. The normalized spacial score (nSPS) is 13.5. The van der Waals surface area contributed by atoms with E-state index in [2.05, 4.69) is 0 Å². The van der Waals surface area contributed by atoms with Crippen molar-refractivity contribution in [2.75, 3.05) is 6.26 Å². The van der Waals surface area contributed by atoms with Crippen LogP contribution in [0.25, 0.3) is 0 Å². The highest BCUT2D eigenvalue weighted by molar-refractivity contribution is 7.92. The maximum absolute atomic E-state index is 11.7. The molecule has 0 aliphatic heterocycles. The van der Waals surface area contributed by atoms with E-state index in [1.807, 2.05) is 0 Å². The number of carbonyl (C=O) groups excluding carboxylic acids is 1. The molecule has 15 heavy (non-hydrogen) atoms. The minimum Gasteiger partial charge on any atom is -0.293 e. The monoisotopic (exact) mass is 246 g/mol. The van der Waals surface area contributed by atoms with Gasteiger partial charge in [-0.05, 0) is 19.1 Å². The maximum atomic E-state index is 11.7. The van der Waals surface area contributed by atoms with Gasteiger partial charge in [0, 0.05) is 16.8 Å². The second kappa shape index (κ2) is 4.33. The molecule has 82 valence electrons. The second-order valence-electron chi connectivity index (χ2n) is 3.35. The van der Waals surface area contributed by atoms with Gasteiger partial charge >= 0.3 is 0 Å². The van der Waals surface area contributed by atoms with Gasteiger partial charge in [0.15, 0.2) is 15.6 Å². The molecule has 1 atom stereocenters. The SMILES string of the molecule is C[C@@H](C(=O)c1cccc(Cl)c1)S(C)(=O)=O. The Labute approximate surface area is 94.0 Å². The zero-order valence-corrected chi connectivity index (χ0v) is 9.97. The molecule has 1 aromatic carbocycles. The van der Waals surface area contributed by atoms with Crippen LogP contribution < -0.4 is 0 Å². The average molecular weight is 247 g/mol. The Balaban J connectivity index is 3.06. The first-order chi connectivity index (χ1) is 6.82. The van der Waals surface area contributed by atoms with Gasteiger partial charge < -0.3 is 0 Å². The summed E-state index contributed by atoms with van der Waals surface area (Å²) in [5.41, 5.74) is 0.320. The summed E-state index contributed by atoms with van der Waals surface area (Å²) in [7, 11) is -3.36. The van der Waals surface area contributed by atoms with Crippen LogP contribution in [-0.4, -0.2) is 25.7 Å². The first-order valence-electron chi connectivity index (χ1n) is 4.31. The predicted molar refractivity (Wildman–Crippen MR) is 60.1 cm³/mol. The number of sulfone groups is 1. The van der Waals surface area contributed by atoms with E-state index in [0.29, 0.717) is 10.6 Å². The lowest BCUT2D eigenvalue weighted by molar-refractivity contribution is 0.0991. The molecule has 0 aliphatic carbocycles. The minimum atomic E-state index is -3.36. The van der Waals surface area contributed by atoms with E-state index in [0.717, 1.165) is 6.26 Å². The summed E-state index contributed by atoms with van der Waals surface area (Å²) in [6.45, 7) is 1.37. The topological polar surface area (TPSA) is 51.2 Å². The third kappa shape index (κ3) is 3.04. The Kier molecular flexibility index (Phi) is 3.52. The predicted octanol–water partition coefficient (Wildman–Crippen LogP) is 1.96. The largest absolute Gasteiger partial charge is 0.293 e. The lowest BCUT2D eigenvalue weighted by Gasteiger charge is -2.08. The van der Waals surface area contributed by atoms with Gasteiger partial charge in [-0.2, -0.15) is 0 Å². The van der Waals surface area contributed by atoms with Gasteiger partial charge in [-0.3, -0.25) is 4.79 Å². The van der Waals surface area contributed by atoms with Gasteiger partial charge in [-0.25, -0.2) is 8.42 Å². The number of benzene rings is 1. The van der Waals surface area contributed by atoms with Crippen molar-refractivity contribution in [3.63, 3.8) is 0 Å². The second-order valence-corrected chi connectivity index (χ2v) is 6.15. The molecule has 0 amide bonds. The molecule has 0 aromatic heterocycles. The van der Waals surface area contributed by atoms with Crippen LogP contribution in [0.1, 0.15) is 17.3 Å². The summed E-state index contributed by atoms with van der Waals surface area (Å²) < 4.78 is 22.4. The van der Waals surface area contributed by atoms with Crippen LogP contribution in [0.5, 0.6) is 0 Å². The van der Waals surface area contributed by atoms with Crippen molar-refractivity contribution in [2.45, 2.75) is 12.2 Å². The molecular formula is C10H11ClO3S. The van der Waals surface area contributed by atoms with E-state index in [4.69, 9.17) is 11.6 Å². The summed E-state index contributed by atoms with van der Waals surface area (Å²) in [5, 5.41) is -0.613. The molecule has 0 aliphatic rings. The Morgan fingerprint density at radius 1 is 1.40 bits per heavy atom. The average Bonchev–Trinajstić information content (AvgIpc) is 2.14. The molecule has 1 rings (SSSR count). The lowest BCUT2D eigenvalue weighted by atomic mass is 10.1. The van der Waals surface area contributed by atoms with E-state index in [1.165, 1.54) is 13.0 Å². The molecule has 0 saturated heterocycles. The van der Waals surface area contributed by atoms with E-state index in [-0.39, 0.29) is 0 Å². The van der Waals surface area contributed by atoms with Crippen molar-refractivity contribution < 1.29 is 13.2 Å². The third-order valence-corrected chi connectivity index (χ3v) is 3.85. The first kappa shape index (κ1) is 12.2. The molecule has 0 N–H and O–H groups in total. The summed E-state index contributed by atoms with van der Waals surface area (Å²) in [6, 6.07) is 6.26. The maximum Gasteiger partial charge on any atom is 0.180 e.